The molecule has 0 radical (unpaired) electrons. The Morgan fingerprint density at radius 3 is 1.61 bits per heavy atom. The number of hydrogen-bond donors (Lipinski definition) is 1. The first-order chi connectivity index (χ1) is 13.4. The summed E-state index contributed by atoms with van der Waals surface area (Å²) in [7, 11) is 5.22. The second-order valence-electron chi connectivity index (χ2n) is 5.78. The van der Waals surface area contributed by atoms with E-state index in [0.29, 0.717) is 19.5 Å². The SMILES string of the molecule is COC(=O)C1CNCC(C(=O)OC)C1.COC(=O)c1cncc(C(=O)OC)c1. The van der Waals surface area contributed by atoms with Gasteiger partial charge in [-0.05, 0) is 12.5 Å². The molecule has 2 atom stereocenters. The normalized spacial score (nSPS) is 18.0. The number of carbonyl (C=O) groups is 4. The summed E-state index contributed by atoms with van der Waals surface area (Å²) in [6.07, 6.45) is 3.14. The third-order valence-corrected chi connectivity index (χ3v) is 4.00. The molecule has 1 saturated heterocycles. The molecule has 10 heteroatoms. The molecule has 1 aromatic rings. The molecule has 1 aromatic heterocycles. The number of carbonyl (C=O) groups excluding carboxylic acids is 4. The Balaban J connectivity index is 0.000000280. The smallest absolute Gasteiger partial charge is 0.339 e. The molecule has 0 spiro atoms. The van der Waals surface area contributed by atoms with Gasteiger partial charge in [0.1, 0.15) is 0 Å². The molecule has 0 aromatic carbocycles. The first-order valence-electron chi connectivity index (χ1n) is 8.35. The standard InChI is InChI=1S/C9H15NO4.C9H9NO4/c2*1-13-8(11)6-3-7(5-10-4-6)9(12)14-2/h6-7,10H,3-5H2,1-2H3;3-5H,1-2H3. The first-order valence-corrected chi connectivity index (χ1v) is 8.35. The van der Waals surface area contributed by atoms with Gasteiger partial charge in [0, 0.05) is 25.5 Å². The van der Waals surface area contributed by atoms with Gasteiger partial charge in [0.15, 0.2) is 0 Å². The predicted octanol–water partition coefficient (Wildman–Crippen LogP) is 0.213. The zero-order valence-electron chi connectivity index (χ0n) is 16.2. The van der Waals surface area contributed by atoms with Crippen molar-refractivity contribution in [2.45, 2.75) is 6.42 Å². The molecule has 10 nitrogen and oxygen atoms in total. The van der Waals surface area contributed by atoms with E-state index in [1.165, 1.54) is 46.9 Å². The summed E-state index contributed by atoms with van der Waals surface area (Å²) in [5, 5.41) is 3.01. The number of rotatable bonds is 4. The van der Waals surface area contributed by atoms with Crippen molar-refractivity contribution in [2.75, 3.05) is 41.5 Å². The van der Waals surface area contributed by atoms with Crippen molar-refractivity contribution in [1.29, 1.82) is 0 Å². The van der Waals surface area contributed by atoms with E-state index in [1.807, 2.05) is 0 Å². The van der Waals surface area contributed by atoms with E-state index >= 15 is 0 Å². The quantitative estimate of drug-likeness (QED) is 0.557. The number of ether oxygens (including phenoxy) is 4. The van der Waals surface area contributed by atoms with Crippen LogP contribution in [0.15, 0.2) is 18.5 Å². The Morgan fingerprint density at radius 2 is 1.25 bits per heavy atom. The van der Waals surface area contributed by atoms with Gasteiger partial charge in [0.2, 0.25) is 0 Å². The Labute approximate surface area is 162 Å². The maximum atomic E-state index is 11.2. The van der Waals surface area contributed by atoms with Crippen molar-refractivity contribution in [1.82, 2.24) is 10.3 Å². The largest absolute Gasteiger partial charge is 0.469 e. The lowest BCUT2D eigenvalue weighted by Gasteiger charge is -2.26. The number of hydrogen-bond acceptors (Lipinski definition) is 10. The molecular formula is C18H24N2O8. The van der Waals surface area contributed by atoms with Crippen LogP contribution in [0.25, 0.3) is 0 Å². The number of pyridine rings is 1. The van der Waals surface area contributed by atoms with Crippen molar-refractivity contribution >= 4 is 23.9 Å². The monoisotopic (exact) mass is 396 g/mol. The van der Waals surface area contributed by atoms with Crippen molar-refractivity contribution in [3.8, 4) is 0 Å². The number of aromatic nitrogens is 1. The summed E-state index contributed by atoms with van der Waals surface area (Å²) in [4.78, 5) is 48.3. The average molecular weight is 396 g/mol. The topological polar surface area (TPSA) is 130 Å². The Hall–Kier alpha value is -3.01. The molecule has 0 bridgehead atoms. The number of nitrogens with zero attached hydrogens (tertiary/aromatic N) is 1. The maximum Gasteiger partial charge on any atom is 0.339 e. The molecule has 28 heavy (non-hydrogen) atoms. The molecule has 1 aliphatic rings. The van der Waals surface area contributed by atoms with Crippen molar-refractivity contribution < 1.29 is 38.1 Å². The van der Waals surface area contributed by atoms with E-state index in [2.05, 4.69) is 29.2 Å². The molecule has 2 heterocycles. The van der Waals surface area contributed by atoms with E-state index < -0.39 is 11.9 Å². The van der Waals surface area contributed by atoms with E-state index in [-0.39, 0.29) is 34.9 Å². The minimum absolute atomic E-state index is 0.218. The summed E-state index contributed by atoms with van der Waals surface area (Å²) in [6.45, 7) is 1.14. The van der Waals surface area contributed by atoms with Crippen LogP contribution in [-0.2, 0) is 28.5 Å². The number of methoxy groups -OCH3 is 4. The van der Waals surface area contributed by atoms with Crippen molar-refractivity contribution in [2.24, 2.45) is 11.8 Å². The Kier molecular flexibility index (Phi) is 9.58. The van der Waals surface area contributed by atoms with Crippen LogP contribution in [0.1, 0.15) is 27.1 Å². The lowest BCUT2D eigenvalue weighted by Crippen LogP contribution is -2.43. The van der Waals surface area contributed by atoms with Crippen LogP contribution in [0, 0.1) is 11.8 Å². The zero-order valence-corrected chi connectivity index (χ0v) is 16.2. The summed E-state index contributed by atoms with van der Waals surface area (Å²) in [6, 6.07) is 1.37. The molecule has 1 N–H and O–H groups in total. The summed E-state index contributed by atoms with van der Waals surface area (Å²) >= 11 is 0. The van der Waals surface area contributed by atoms with E-state index in [4.69, 9.17) is 0 Å². The highest BCUT2D eigenvalue weighted by molar-refractivity contribution is 5.94. The fourth-order valence-corrected chi connectivity index (χ4v) is 2.53. The highest BCUT2D eigenvalue weighted by Gasteiger charge is 2.32. The molecule has 2 rings (SSSR count). The maximum absolute atomic E-state index is 11.2. The third kappa shape index (κ3) is 6.62. The Bertz CT molecular complexity index is 653. The van der Waals surface area contributed by atoms with Crippen LogP contribution < -0.4 is 5.32 Å². The van der Waals surface area contributed by atoms with Gasteiger partial charge in [0.25, 0.3) is 0 Å². The molecule has 1 fully saturated rings. The van der Waals surface area contributed by atoms with E-state index in [0.717, 1.165) is 0 Å². The second-order valence-corrected chi connectivity index (χ2v) is 5.78. The fourth-order valence-electron chi connectivity index (χ4n) is 2.53. The molecule has 0 amide bonds. The summed E-state index contributed by atoms with van der Waals surface area (Å²) in [5.41, 5.74) is 0.436. The number of esters is 4. The van der Waals surface area contributed by atoms with Gasteiger partial charge in [-0.3, -0.25) is 14.6 Å². The minimum atomic E-state index is -0.539. The van der Waals surface area contributed by atoms with Crippen LogP contribution in [-0.4, -0.2) is 70.4 Å². The average Bonchev–Trinajstić information content (AvgIpc) is 2.77. The number of piperidine rings is 1. The highest BCUT2D eigenvalue weighted by atomic mass is 16.5. The summed E-state index contributed by atoms with van der Waals surface area (Å²) < 4.78 is 18.2. The van der Waals surface area contributed by atoms with Crippen LogP contribution in [0.4, 0.5) is 0 Å². The van der Waals surface area contributed by atoms with Crippen LogP contribution in [0.3, 0.4) is 0 Å². The van der Waals surface area contributed by atoms with Gasteiger partial charge in [-0.25, -0.2) is 9.59 Å². The van der Waals surface area contributed by atoms with Gasteiger partial charge in [-0.1, -0.05) is 0 Å². The highest BCUT2D eigenvalue weighted by Crippen LogP contribution is 2.18. The van der Waals surface area contributed by atoms with Crippen LogP contribution in [0.5, 0.6) is 0 Å². The van der Waals surface area contributed by atoms with E-state index in [1.54, 1.807) is 0 Å². The van der Waals surface area contributed by atoms with Crippen molar-refractivity contribution in [3.63, 3.8) is 0 Å². The fraction of sp³-hybridized carbons (Fsp3) is 0.500. The molecule has 2 unspecified atom stereocenters. The Morgan fingerprint density at radius 1 is 0.821 bits per heavy atom. The summed E-state index contributed by atoms with van der Waals surface area (Å²) in [5.74, 6) is -2.10. The van der Waals surface area contributed by atoms with Crippen molar-refractivity contribution in [3.05, 3.63) is 29.6 Å². The van der Waals surface area contributed by atoms with Gasteiger partial charge < -0.3 is 24.3 Å². The van der Waals surface area contributed by atoms with Gasteiger partial charge in [-0.2, -0.15) is 0 Å². The lowest BCUT2D eigenvalue weighted by atomic mass is 9.90. The lowest BCUT2D eigenvalue weighted by molar-refractivity contribution is -0.150. The minimum Gasteiger partial charge on any atom is -0.469 e. The first kappa shape index (κ1) is 23.0. The van der Waals surface area contributed by atoms with E-state index in [9.17, 15) is 19.2 Å². The van der Waals surface area contributed by atoms with Crippen LogP contribution >= 0.6 is 0 Å². The van der Waals surface area contributed by atoms with Crippen LogP contribution in [0.2, 0.25) is 0 Å². The predicted molar refractivity (Wildman–Crippen MR) is 95.4 cm³/mol. The zero-order chi connectivity index (χ0) is 21.1. The van der Waals surface area contributed by atoms with Gasteiger partial charge >= 0.3 is 23.9 Å². The van der Waals surface area contributed by atoms with Gasteiger partial charge in [-0.15, -0.1) is 0 Å². The molecule has 154 valence electrons. The molecule has 0 saturated carbocycles. The number of nitrogens with one attached hydrogen (secondary N) is 1. The molecule has 0 aliphatic carbocycles. The third-order valence-electron chi connectivity index (χ3n) is 4.00. The second kappa shape index (κ2) is 11.7. The molecular weight excluding hydrogens is 372 g/mol. The van der Waals surface area contributed by atoms with Gasteiger partial charge in [0.05, 0.1) is 51.4 Å². The molecule has 1 aliphatic heterocycles.